The Bertz CT molecular complexity index is 1550. The summed E-state index contributed by atoms with van der Waals surface area (Å²) in [5.74, 6) is -3.65. The number of carbonyl (C=O) groups is 4. The number of likely N-dealkylation sites (N-methyl/N-ethyl adjacent to an activating group) is 1. The van der Waals surface area contributed by atoms with Crippen LogP contribution in [0.2, 0.25) is 5.02 Å². The largest absolute Gasteiger partial charge is 0.455 e. The molecule has 0 aliphatic carbocycles. The van der Waals surface area contributed by atoms with Crippen molar-refractivity contribution in [2.45, 2.75) is 75.5 Å². The van der Waals surface area contributed by atoms with Gasteiger partial charge in [-0.05, 0) is 50.8 Å². The Kier molecular flexibility index (Phi) is 10.8. The van der Waals surface area contributed by atoms with Crippen molar-refractivity contribution in [1.82, 2.24) is 9.80 Å². The zero-order chi connectivity index (χ0) is 34.7. The van der Waals surface area contributed by atoms with Crippen molar-refractivity contribution in [2.24, 2.45) is 11.8 Å². The number of aliphatic hydroxyl groups excluding tert-OH is 1. The molecule has 1 spiro atoms. The van der Waals surface area contributed by atoms with Crippen LogP contribution in [0.3, 0.4) is 0 Å². The third kappa shape index (κ3) is 6.17. The highest BCUT2D eigenvalue weighted by molar-refractivity contribution is 6.34. The molecular weight excluding hydrogens is 634 g/mol. The van der Waals surface area contributed by atoms with Crippen molar-refractivity contribution in [3.8, 4) is 0 Å². The number of ether oxygens (including phenoxy) is 2. The summed E-state index contributed by atoms with van der Waals surface area (Å²) in [6.07, 6.45) is 3.35. The molecule has 3 aliphatic heterocycles. The van der Waals surface area contributed by atoms with Gasteiger partial charge in [0.1, 0.15) is 17.7 Å². The van der Waals surface area contributed by atoms with Gasteiger partial charge in [-0.15, -0.1) is 13.2 Å². The van der Waals surface area contributed by atoms with Gasteiger partial charge in [0.15, 0.2) is 0 Å². The molecule has 0 saturated carbocycles. The molecule has 2 aromatic carbocycles. The SMILES string of the molecule is C=CCCC(=O)N(C)[C@@H](C)[C@@H](OC(=O)[C@@H]1[C@H]2C(=O)N([C@H](C)CO)[C@H](C(=O)N(CC=C)c3ccccc3Cl)[C@]23CC[C@H]1O3)c1ccccc1. The van der Waals surface area contributed by atoms with Crippen molar-refractivity contribution >= 4 is 41.0 Å². The number of hydrogen-bond acceptors (Lipinski definition) is 7. The first-order valence-electron chi connectivity index (χ1n) is 16.4. The number of benzene rings is 2. The molecule has 8 atom stereocenters. The lowest BCUT2D eigenvalue weighted by molar-refractivity contribution is -0.165. The number of rotatable bonds is 14. The van der Waals surface area contributed by atoms with Gasteiger partial charge < -0.3 is 29.3 Å². The number of aliphatic hydroxyl groups is 1. The zero-order valence-electron chi connectivity index (χ0n) is 27.7. The molecule has 3 aliphatic rings. The van der Waals surface area contributed by atoms with E-state index >= 15 is 0 Å². The second kappa shape index (κ2) is 14.6. The number of allylic oxidation sites excluding steroid dienone is 1. The van der Waals surface area contributed by atoms with E-state index in [-0.39, 0.29) is 18.9 Å². The molecule has 1 N–H and O–H groups in total. The molecule has 3 fully saturated rings. The van der Waals surface area contributed by atoms with E-state index in [2.05, 4.69) is 13.2 Å². The predicted octanol–water partition coefficient (Wildman–Crippen LogP) is 4.71. The number of halogens is 1. The normalized spacial score (nSPS) is 25.9. The highest BCUT2D eigenvalue weighted by atomic mass is 35.5. The molecule has 5 rings (SSSR count). The van der Waals surface area contributed by atoms with Gasteiger partial charge in [0.05, 0.1) is 47.3 Å². The quantitative estimate of drug-likeness (QED) is 0.227. The Morgan fingerprint density at radius 3 is 2.46 bits per heavy atom. The molecule has 11 heteroatoms. The number of hydrogen-bond donors (Lipinski definition) is 1. The first-order valence-corrected chi connectivity index (χ1v) is 16.8. The molecule has 2 bridgehead atoms. The molecule has 48 heavy (non-hydrogen) atoms. The van der Waals surface area contributed by atoms with Gasteiger partial charge in [0.25, 0.3) is 5.91 Å². The van der Waals surface area contributed by atoms with E-state index in [0.717, 1.165) is 0 Å². The lowest BCUT2D eigenvalue weighted by Gasteiger charge is -2.38. The van der Waals surface area contributed by atoms with E-state index in [0.29, 0.717) is 35.5 Å². The minimum Gasteiger partial charge on any atom is -0.455 e. The van der Waals surface area contributed by atoms with Gasteiger partial charge in [0, 0.05) is 20.0 Å². The van der Waals surface area contributed by atoms with Crippen LogP contribution in [0.1, 0.15) is 51.2 Å². The Morgan fingerprint density at radius 2 is 1.81 bits per heavy atom. The summed E-state index contributed by atoms with van der Waals surface area (Å²) in [6, 6.07) is 13.7. The Labute approximate surface area is 286 Å². The van der Waals surface area contributed by atoms with Gasteiger partial charge in [-0.25, -0.2) is 0 Å². The molecule has 2 aromatic rings. The number of carbonyl (C=O) groups excluding carboxylic acids is 4. The monoisotopic (exact) mass is 677 g/mol. The number of esters is 1. The second-order valence-corrected chi connectivity index (χ2v) is 13.3. The van der Waals surface area contributed by atoms with E-state index in [1.807, 2.05) is 37.3 Å². The molecule has 3 saturated heterocycles. The first-order chi connectivity index (χ1) is 23.0. The van der Waals surface area contributed by atoms with Crippen molar-refractivity contribution in [2.75, 3.05) is 25.1 Å². The minimum atomic E-state index is -1.32. The zero-order valence-corrected chi connectivity index (χ0v) is 28.4. The Balaban J connectivity index is 1.50. The third-order valence-electron chi connectivity index (χ3n) is 10.1. The lowest BCUT2D eigenvalue weighted by Crippen LogP contribution is -2.58. The van der Waals surface area contributed by atoms with Crippen molar-refractivity contribution < 1.29 is 33.8 Å². The highest BCUT2D eigenvalue weighted by Crippen LogP contribution is 2.59. The van der Waals surface area contributed by atoms with E-state index in [1.165, 1.54) is 9.80 Å². The van der Waals surface area contributed by atoms with Crippen molar-refractivity contribution in [3.63, 3.8) is 0 Å². The van der Waals surface area contributed by atoms with E-state index in [1.54, 1.807) is 55.3 Å². The van der Waals surface area contributed by atoms with Crippen molar-refractivity contribution in [1.29, 1.82) is 0 Å². The first kappa shape index (κ1) is 35.3. The molecule has 3 heterocycles. The molecule has 256 valence electrons. The van der Waals surface area contributed by atoms with Crippen LogP contribution < -0.4 is 4.90 Å². The van der Waals surface area contributed by atoms with Crippen LogP contribution in [0.5, 0.6) is 0 Å². The van der Waals surface area contributed by atoms with E-state index < -0.39 is 72.2 Å². The molecule has 10 nitrogen and oxygen atoms in total. The van der Waals surface area contributed by atoms with Gasteiger partial charge in [-0.3, -0.25) is 19.2 Å². The summed E-state index contributed by atoms with van der Waals surface area (Å²) >= 11 is 6.53. The third-order valence-corrected chi connectivity index (χ3v) is 10.4. The van der Waals surface area contributed by atoms with Crippen LogP contribution in [0.15, 0.2) is 79.9 Å². The summed E-state index contributed by atoms with van der Waals surface area (Å²) in [6.45, 7) is 10.7. The van der Waals surface area contributed by atoms with Crippen LogP contribution in [-0.4, -0.2) is 88.6 Å². The van der Waals surface area contributed by atoms with Crippen LogP contribution in [0.25, 0.3) is 0 Å². The Morgan fingerprint density at radius 1 is 1.12 bits per heavy atom. The smallest absolute Gasteiger partial charge is 0.313 e. The standard InChI is InChI=1S/C37H44ClN3O7/c1-6-8-18-29(43)39(5)24(4)32(25-14-10-9-11-15-25)47-36(46)30-28-19-20-37(48-28)31(30)34(44)41(23(3)22-42)33(37)35(45)40(21-7-2)27-17-13-12-16-26(27)38/h6-7,9-17,23-24,28,30-33,42H,1-2,8,18-22H2,3-5H3/t23-,24+,28-,30+,31+,32-,33-,37+/m1/s1. The maximum atomic E-state index is 14.6. The van der Waals surface area contributed by atoms with E-state index in [9.17, 15) is 24.3 Å². The van der Waals surface area contributed by atoms with Crippen LogP contribution in [-0.2, 0) is 28.7 Å². The summed E-state index contributed by atoms with van der Waals surface area (Å²) < 4.78 is 12.9. The number of fused-ring (bicyclic) bond motifs is 1. The summed E-state index contributed by atoms with van der Waals surface area (Å²) in [5, 5.41) is 10.6. The number of amides is 3. The van der Waals surface area contributed by atoms with Crippen LogP contribution >= 0.6 is 11.6 Å². The molecule has 0 unspecified atom stereocenters. The second-order valence-electron chi connectivity index (χ2n) is 12.9. The minimum absolute atomic E-state index is 0.111. The summed E-state index contributed by atoms with van der Waals surface area (Å²) in [7, 11) is 1.67. The van der Waals surface area contributed by atoms with Gasteiger partial charge in [-0.1, -0.05) is 66.2 Å². The number of anilines is 1. The van der Waals surface area contributed by atoms with Crippen LogP contribution in [0, 0.1) is 11.8 Å². The fourth-order valence-corrected chi connectivity index (χ4v) is 7.82. The summed E-state index contributed by atoms with van der Waals surface area (Å²) in [5.41, 5.74) is -0.178. The lowest BCUT2D eigenvalue weighted by atomic mass is 9.70. The highest BCUT2D eigenvalue weighted by Gasteiger charge is 2.75. The number of nitrogens with zero attached hydrogens (tertiary/aromatic N) is 3. The topological polar surface area (TPSA) is 117 Å². The fourth-order valence-electron chi connectivity index (χ4n) is 7.58. The van der Waals surface area contributed by atoms with E-state index in [4.69, 9.17) is 21.1 Å². The molecule has 0 aromatic heterocycles. The fraction of sp³-hybridized carbons (Fsp3) is 0.459. The predicted molar refractivity (Wildman–Crippen MR) is 182 cm³/mol. The van der Waals surface area contributed by atoms with Gasteiger partial charge in [-0.2, -0.15) is 0 Å². The Hall–Kier alpha value is -3.99. The van der Waals surface area contributed by atoms with Gasteiger partial charge >= 0.3 is 5.97 Å². The molecule has 3 amide bonds. The maximum absolute atomic E-state index is 14.6. The van der Waals surface area contributed by atoms with Crippen LogP contribution in [0.4, 0.5) is 5.69 Å². The number of para-hydroxylation sites is 1. The molecule has 0 radical (unpaired) electrons. The molecular formula is C37H44ClN3O7. The number of likely N-dealkylation sites (tertiary alicyclic amines) is 1. The summed E-state index contributed by atoms with van der Waals surface area (Å²) in [4.78, 5) is 60.8. The van der Waals surface area contributed by atoms with Gasteiger partial charge in [0.2, 0.25) is 11.8 Å². The maximum Gasteiger partial charge on any atom is 0.313 e. The average Bonchev–Trinajstić information content (AvgIpc) is 3.75. The van der Waals surface area contributed by atoms with Crippen molar-refractivity contribution in [3.05, 3.63) is 90.5 Å². The average molecular weight is 678 g/mol.